The van der Waals surface area contributed by atoms with Crippen molar-refractivity contribution in [3.8, 4) is 0 Å². The van der Waals surface area contributed by atoms with Gasteiger partial charge in [-0.15, -0.1) is 10.2 Å². The summed E-state index contributed by atoms with van der Waals surface area (Å²) in [6, 6.07) is 3.89. The molecule has 0 unspecified atom stereocenters. The minimum absolute atomic E-state index is 0.0860. The first-order valence-corrected chi connectivity index (χ1v) is 9.67. The summed E-state index contributed by atoms with van der Waals surface area (Å²) in [5.74, 6) is 1.84. The van der Waals surface area contributed by atoms with E-state index in [-0.39, 0.29) is 17.9 Å². The number of aromatic nitrogens is 5. The van der Waals surface area contributed by atoms with E-state index in [0.29, 0.717) is 11.7 Å². The molecule has 0 spiro atoms. The fourth-order valence-corrected chi connectivity index (χ4v) is 4.50. The molecule has 0 aromatic carbocycles. The molecule has 144 valence electrons. The molecule has 0 radical (unpaired) electrons. The number of hydrogen-bond donors (Lipinski definition) is 2. The van der Waals surface area contributed by atoms with Gasteiger partial charge in [-0.2, -0.15) is 0 Å². The van der Waals surface area contributed by atoms with Crippen molar-refractivity contribution in [3.63, 3.8) is 0 Å². The van der Waals surface area contributed by atoms with Crippen LogP contribution in [0.4, 0.5) is 0 Å². The average Bonchev–Trinajstić information content (AvgIpc) is 3.45. The lowest BCUT2D eigenvalue weighted by Gasteiger charge is -2.15. The third-order valence-corrected chi connectivity index (χ3v) is 5.92. The van der Waals surface area contributed by atoms with Crippen molar-refractivity contribution >= 4 is 22.7 Å². The number of nitrogens with zero attached hydrogens (tertiary/aromatic N) is 4. The number of carbonyl (C=O) groups is 1. The summed E-state index contributed by atoms with van der Waals surface area (Å²) in [5, 5.41) is 12.0. The molecule has 4 aromatic rings. The van der Waals surface area contributed by atoms with E-state index in [0.717, 1.165) is 47.5 Å². The van der Waals surface area contributed by atoms with Gasteiger partial charge in [0.05, 0.1) is 18.0 Å². The standard InChI is InChI=1S/C20H22N6O2/c1-3-12-8-13(23-20(27)17-11(2)5-7-28-17)9-14(12)19-25-24-16-10-22-18-15(26(16)19)4-6-21-18/h4-7,10,12-14,21H,3,8-9H2,1-2H3,(H,23,27)/t12-,13+,14+/m1/s1. The maximum absolute atomic E-state index is 12.6. The van der Waals surface area contributed by atoms with Crippen molar-refractivity contribution in [2.75, 3.05) is 0 Å². The summed E-state index contributed by atoms with van der Waals surface area (Å²) < 4.78 is 7.43. The van der Waals surface area contributed by atoms with Gasteiger partial charge in [0.25, 0.3) is 5.91 Å². The fourth-order valence-electron chi connectivity index (χ4n) is 4.50. The second-order valence-corrected chi connectivity index (χ2v) is 7.57. The van der Waals surface area contributed by atoms with Crippen LogP contribution >= 0.6 is 0 Å². The predicted molar refractivity (Wildman–Crippen MR) is 103 cm³/mol. The summed E-state index contributed by atoms with van der Waals surface area (Å²) in [6.45, 7) is 4.07. The van der Waals surface area contributed by atoms with Crippen LogP contribution in [-0.2, 0) is 0 Å². The minimum Gasteiger partial charge on any atom is -0.459 e. The Morgan fingerprint density at radius 2 is 2.25 bits per heavy atom. The molecule has 0 bridgehead atoms. The zero-order chi connectivity index (χ0) is 19.3. The Morgan fingerprint density at radius 1 is 1.36 bits per heavy atom. The van der Waals surface area contributed by atoms with Gasteiger partial charge < -0.3 is 14.7 Å². The lowest BCUT2D eigenvalue weighted by atomic mass is 9.93. The van der Waals surface area contributed by atoms with Crippen LogP contribution in [0.2, 0.25) is 0 Å². The minimum atomic E-state index is -0.147. The highest BCUT2D eigenvalue weighted by atomic mass is 16.3. The van der Waals surface area contributed by atoms with E-state index in [2.05, 4.69) is 36.8 Å². The summed E-state index contributed by atoms with van der Waals surface area (Å²) in [7, 11) is 0. The van der Waals surface area contributed by atoms with Gasteiger partial charge in [0.1, 0.15) is 5.82 Å². The lowest BCUT2D eigenvalue weighted by molar-refractivity contribution is 0.0908. The van der Waals surface area contributed by atoms with Crippen molar-refractivity contribution in [3.05, 3.63) is 47.9 Å². The zero-order valence-electron chi connectivity index (χ0n) is 15.8. The number of aryl methyl sites for hydroxylation is 1. The molecular formula is C20H22N6O2. The van der Waals surface area contributed by atoms with Crippen LogP contribution in [0.3, 0.4) is 0 Å². The number of rotatable bonds is 4. The maximum Gasteiger partial charge on any atom is 0.287 e. The zero-order valence-corrected chi connectivity index (χ0v) is 15.8. The van der Waals surface area contributed by atoms with Crippen molar-refractivity contribution < 1.29 is 9.21 Å². The SMILES string of the molecule is CC[C@@H]1C[C@H](NC(=O)c2occc2C)C[C@@H]1c1nnc2cnc3[nH]ccc3n12. The van der Waals surface area contributed by atoms with Gasteiger partial charge in [0.2, 0.25) is 0 Å². The highest BCUT2D eigenvalue weighted by Gasteiger charge is 2.38. The Kier molecular flexibility index (Phi) is 3.92. The van der Waals surface area contributed by atoms with E-state index >= 15 is 0 Å². The molecular weight excluding hydrogens is 356 g/mol. The second kappa shape index (κ2) is 6.47. The Labute approximate surface area is 161 Å². The van der Waals surface area contributed by atoms with Crippen LogP contribution in [0.5, 0.6) is 0 Å². The molecule has 4 aromatic heterocycles. The van der Waals surface area contributed by atoms with Crippen molar-refractivity contribution in [2.24, 2.45) is 5.92 Å². The summed E-state index contributed by atoms with van der Waals surface area (Å²) in [6.07, 6.45) is 7.94. The Hall–Kier alpha value is -3.16. The topological polar surface area (TPSA) is 101 Å². The highest BCUT2D eigenvalue weighted by molar-refractivity contribution is 5.93. The smallest absolute Gasteiger partial charge is 0.287 e. The van der Waals surface area contributed by atoms with E-state index in [1.165, 1.54) is 0 Å². The van der Waals surface area contributed by atoms with Crippen LogP contribution in [0.1, 0.15) is 54.0 Å². The Bertz CT molecular complexity index is 1160. The number of nitrogens with one attached hydrogen (secondary N) is 2. The van der Waals surface area contributed by atoms with E-state index in [1.54, 1.807) is 18.5 Å². The molecule has 0 saturated heterocycles. The molecule has 8 nitrogen and oxygen atoms in total. The number of amides is 1. The molecule has 4 heterocycles. The van der Waals surface area contributed by atoms with E-state index in [9.17, 15) is 4.79 Å². The van der Waals surface area contributed by atoms with Gasteiger partial charge >= 0.3 is 0 Å². The molecule has 28 heavy (non-hydrogen) atoms. The van der Waals surface area contributed by atoms with E-state index in [4.69, 9.17) is 4.42 Å². The summed E-state index contributed by atoms with van der Waals surface area (Å²) in [5.41, 5.74) is 3.39. The van der Waals surface area contributed by atoms with E-state index < -0.39 is 0 Å². The second-order valence-electron chi connectivity index (χ2n) is 7.57. The first kappa shape index (κ1) is 17.0. The molecule has 1 aliphatic rings. The summed E-state index contributed by atoms with van der Waals surface area (Å²) >= 11 is 0. The molecule has 8 heteroatoms. The largest absolute Gasteiger partial charge is 0.459 e. The number of aromatic amines is 1. The molecule has 3 atom stereocenters. The molecule has 1 amide bonds. The number of hydrogen-bond acceptors (Lipinski definition) is 5. The highest BCUT2D eigenvalue weighted by Crippen LogP contribution is 2.41. The van der Waals surface area contributed by atoms with Crippen LogP contribution in [-0.4, -0.2) is 36.5 Å². The van der Waals surface area contributed by atoms with Gasteiger partial charge in [-0.1, -0.05) is 13.3 Å². The molecule has 1 fully saturated rings. The predicted octanol–water partition coefficient (Wildman–Crippen LogP) is 3.21. The normalized spacial score (nSPS) is 22.3. The number of H-pyrrole nitrogens is 1. The Morgan fingerprint density at radius 3 is 3.04 bits per heavy atom. The lowest BCUT2D eigenvalue weighted by Crippen LogP contribution is -2.33. The summed E-state index contributed by atoms with van der Waals surface area (Å²) in [4.78, 5) is 20.1. The Balaban J connectivity index is 1.45. The monoisotopic (exact) mass is 378 g/mol. The maximum atomic E-state index is 12.6. The van der Waals surface area contributed by atoms with Crippen molar-refractivity contribution in [1.29, 1.82) is 0 Å². The van der Waals surface area contributed by atoms with Gasteiger partial charge in [0.15, 0.2) is 17.1 Å². The third kappa shape index (κ3) is 2.59. The van der Waals surface area contributed by atoms with Crippen LogP contribution in [0, 0.1) is 12.8 Å². The molecule has 1 saturated carbocycles. The molecule has 2 N–H and O–H groups in total. The first-order valence-electron chi connectivity index (χ1n) is 9.67. The van der Waals surface area contributed by atoms with E-state index in [1.807, 2.05) is 19.2 Å². The van der Waals surface area contributed by atoms with Crippen molar-refractivity contribution in [2.45, 2.75) is 45.1 Å². The number of furan rings is 1. The fraction of sp³-hybridized carbons (Fsp3) is 0.400. The van der Waals surface area contributed by atoms with Gasteiger partial charge in [-0.05, 0) is 37.8 Å². The van der Waals surface area contributed by atoms with Gasteiger partial charge in [-0.3, -0.25) is 9.20 Å². The van der Waals surface area contributed by atoms with Crippen LogP contribution in [0.15, 0.2) is 35.2 Å². The quantitative estimate of drug-likeness (QED) is 0.568. The van der Waals surface area contributed by atoms with Gasteiger partial charge in [0, 0.05) is 23.7 Å². The van der Waals surface area contributed by atoms with Crippen molar-refractivity contribution in [1.82, 2.24) is 29.9 Å². The number of fused-ring (bicyclic) bond motifs is 3. The molecule has 1 aliphatic carbocycles. The first-order chi connectivity index (χ1) is 13.7. The average molecular weight is 378 g/mol. The van der Waals surface area contributed by atoms with Gasteiger partial charge in [-0.25, -0.2) is 4.98 Å². The molecule has 0 aliphatic heterocycles. The molecule has 5 rings (SSSR count). The number of carbonyl (C=O) groups excluding carboxylic acids is 1. The van der Waals surface area contributed by atoms with Crippen LogP contribution < -0.4 is 5.32 Å². The third-order valence-electron chi connectivity index (χ3n) is 5.92. The van der Waals surface area contributed by atoms with Crippen LogP contribution in [0.25, 0.3) is 16.8 Å².